The van der Waals surface area contributed by atoms with E-state index in [-0.39, 0.29) is 16.8 Å². The Bertz CT molecular complexity index is 734. The number of amides is 1. The molecule has 0 bridgehead atoms. The minimum atomic E-state index is -3.61. The maximum Gasteiger partial charge on any atom is 0.289 e. The Hall–Kier alpha value is -1.34. The van der Waals surface area contributed by atoms with Gasteiger partial charge in [0, 0.05) is 25.7 Å². The van der Waals surface area contributed by atoms with Gasteiger partial charge in [0.15, 0.2) is 5.76 Å². The minimum Gasteiger partial charge on any atom is -0.438 e. The van der Waals surface area contributed by atoms with Crippen LogP contribution in [0.15, 0.2) is 21.6 Å². The summed E-state index contributed by atoms with van der Waals surface area (Å²) in [5, 5.41) is -0.102. The average Bonchev–Trinajstić information content (AvgIpc) is 3.32. The molecule has 0 spiro atoms. The fraction of sp³-hybridized carbons (Fsp3) is 0.722. The van der Waals surface area contributed by atoms with Crippen molar-refractivity contribution in [3.63, 3.8) is 0 Å². The maximum atomic E-state index is 12.9. The molecule has 1 amide bonds. The molecule has 0 radical (unpaired) electrons. The predicted molar refractivity (Wildman–Crippen MR) is 92.7 cm³/mol. The van der Waals surface area contributed by atoms with Gasteiger partial charge in [0.25, 0.3) is 15.9 Å². The summed E-state index contributed by atoms with van der Waals surface area (Å²) in [6.45, 7) is 1.80. The van der Waals surface area contributed by atoms with Gasteiger partial charge in [0.2, 0.25) is 5.09 Å². The smallest absolute Gasteiger partial charge is 0.289 e. The average molecular weight is 366 g/mol. The standard InChI is InChI=1S/C18H26N2O4S/c21-18(20-13-5-7-14-6-1-2-8-15(14)20)16-9-10-17(24-16)25(22,23)19-11-3-4-12-19/h9-10,14-15H,1-8,11-13H2. The van der Waals surface area contributed by atoms with Crippen molar-refractivity contribution < 1.29 is 17.6 Å². The van der Waals surface area contributed by atoms with E-state index in [2.05, 4.69) is 0 Å². The third-order valence-corrected chi connectivity index (χ3v) is 7.73. The third-order valence-electron chi connectivity index (χ3n) is 5.96. The minimum absolute atomic E-state index is 0.102. The molecule has 2 atom stereocenters. The second-order valence-corrected chi connectivity index (χ2v) is 9.35. The summed E-state index contributed by atoms with van der Waals surface area (Å²) in [6, 6.07) is 3.25. The van der Waals surface area contributed by atoms with Crippen LogP contribution >= 0.6 is 0 Å². The van der Waals surface area contributed by atoms with Crippen molar-refractivity contribution >= 4 is 15.9 Å². The number of furan rings is 1. The summed E-state index contributed by atoms with van der Waals surface area (Å²) in [4.78, 5) is 14.9. The molecule has 2 unspecified atom stereocenters. The van der Waals surface area contributed by atoms with Gasteiger partial charge >= 0.3 is 0 Å². The molecule has 138 valence electrons. The quantitative estimate of drug-likeness (QED) is 0.825. The number of carbonyl (C=O) groups is 1. The van der Waals surface area contributed by atoms with E-state index in [0.717, 1.165) is 38.6 Å². The zero-order chi connectivity index (χ0) is 17.4. The normalized spacial score (nSPS) is 28.1. The number of nitrogens with zero attached hydrogens (tertiary/aromatic N) is 2. The highest BCUT2D eigenvalue weighted by Crippen LogP contribution is 2.36. The summed E-state index contributed by atoms with van der Waals surface area (Å²) in [5.41, 5.74) is 0. The van der Waals surface area contributed by atoms with Gasteiger partial charge in [-0.2, -0.15) is 4.31 Å². The van der Waals surface area contributed by atoms with E-state index in [9.17, 15) is 13.2 Å². The molecule has 3 fully saturated rings. The van der Waals surface area contributed by atoms with E-state index in [1.54, 1.807) is 0 Å². The van der Waals surface area contributed by atoms with Gasteiger partial charge in [-0.25, -0.2) is 8.42 Å². The molecular weight excluding hydrogens is 340 g/mol. The molecule has 0 N–H and O–H groups in total. The first-order chi connectivity index (χ1) is 12.1. The third kappa shape index (κ3) is 3.12. The molecule has 1 aromatic rings. The Kier molecular flexibility index (Phi) is 4.62. The molecule has 1 aromatic heterocycles. The topological polar surface area (TPSA) is 70.8 Å². The summed E-state index contributed by atoms with van der Waals surface area (Å²) in [6.07, 6.45) is 8.63. The lowest BCUT2D eigenvalue weighted by Gasteiger charge is -2.43. The lowest BCUT2D eigenvalue weighted by atomic mass is 9.78. The Morgan fingerprint density at radius 1 is 0.960 bits per heavy atom. The number of sulfonamides is 1. The van der Waals surface area contributed by atoms with Crippen LogP contribution < -0.4 is 0 Å². The van der Waals surface area contributed by atoms with Gasteiger partial charge in [0.1, 0.15) is 0 Å². The van der Waals surface area contributed by atoms with Gasteiger partial charge in [-0.15, -0.1) is 0 Å². The van der Waals surface area contributed by atoms with Crippen LogP contribution in [-0.4, -0.2) is 49.2 Å². The zero-order valence-corrected chi connectivity index (χ0v) is 15.3. The molecular formula is C18H26N2O4S. The summed E-state index contributed by atoms with van der Waals surface area (Å²) >= 11 is 0. The van der Waals surface area contributed by atoms with Gasteiger partial charge in [-0.3, -0.25) is 4.79 Å². The van der Waals surface area contributed by atoms with Crippen LogP contribution in [0.4, 0.5) is 0 Å². The molecule has 2 saturated heterocycles. The van der Waals surface area contributed by atoms with Crippen LogP contribution in [0.2, 0.25) is 0 Å². The Balaban J connectivity index is 1.54. The first-order valence-electron chi connectivity index (χ1n) is 9.48. The molecule has 3 heterocycles. The van der Waals surface area contributed by atoms with Crippen molar-refractivity contribution in [3.8, 4) is 0 Å². The summed E-state index contributed by atoms with van der Waals surface area (Å²) in [5.74, 6) is 0.595. The number of rotatable bonds is 3. The molecule has 6 nitrogen and oxygen atoms in total. The van der Waals surface area contributed by atoms with Crippen LogP contribution in [0.5, 0.6) is 0 Å². The number of likely N-dealkylation sites (tertiary alicyclic amines) is 1. The van der Waals surface area contributed by atoms with Crippen LogP contribution in [0.25, 0.3) is 0 Å². The fourth-order valence-electron chi connectivity index (χ4n) is 4.65. The molecule has 25 heavy (non-hydrogen) atoms. The van der Waals surface area contributed by atoms with Gasteiger partial charge < -0.3 is 9.32 Å². The fourth-order valence-corrected chi connectivity index (χ4v) is 6.08. The van der Waals surface area contributed by atoms with Crippen molar-refractivity contribution in [1.82, 2.24) is 9.21 Å². The van der Waals surface area contributed by atoms with Crippen molar-refractivity contribution in [2.75, 3.05) is 19.6 Å². The highest BCUT2D eigenvalue weighted by Gasteiger charge is 2.37. The number of carbonyl (C=O) groups excluding carboxylic acids is 1. The lowest BCUT2D eigenvalue weighted by Crippen LogP contribution is -2.49. The van der Waals surface area contributed by atoms with E-state index in [1.165, 1.54) is 35.7 Å². The number of hydrogen-bond acceptors (Lipinski definition) is 4. The molecule has 0 aromatic carbocycles. The second kappa shape index (κ2) is 6.76. The van der Waals surface area contributed by atoms with Gasteiger partial charge in [-0.05, 0) is 56.6 Å². The first-order valence-corrected chi connectivity index (χ1v) is 10.9. The summed E-state index contributed by atoms with van der Waals surface area (Å²) in [7, 11) is -3.61. The number of fused-ring (bicyclic) bond motifs is 1. The van der Waals surface area contributed by atoms with Crippen molar-refractivity contribution in [2.24, 2.45) is 5.92 Å². The van der Waals surface area contributed by atoms with E-state index >= 15 is 0 Å². The van der Waals surface area contributed by atoms with Gasteiger partial charge in [0.05, 0.1) is 0 Å². The first kappa shape index (κ1) is 17.1. The molecule has 1 saturated carbocycles. The van der Waals surface area contributed by atoms with Crippen molar-refractivity contribution in [1.29, 1.82) is 0 Å². The highest BCUT2D eigenvalue weighted by atomic mass is 32.2. The zero-order valence-electron chi connectivity index (χ0n) is 14.5. The molecule has 4 rings (SSSR count). The van der Waals surface area contributed by atoms with E-state index in [0.29, 0.717) is 25.0 Å². The van der Waals surface area contributed by atoms with Crippen LogP contribution in [-0.2, 0) is 10.0 Å². The van der Waals surface area contributed by atoms with Crippen molar-refractivity contribution in [3.05, 3.63) is 17.9 Å². The molecule has 2 aliphatic heterocycles. The lowest BCUT2D eigenvalue weighted by molar-refractivity contribution is 0.0358. The van der Waals surface area contributed by atoms with E-state index in [4.69, 9.17) is 4.42 Å². The summed E-state index contributed by atoms with van der Waals surface area (Å²) < 4.78 is 32.1. The molecule has 7 heteroatoms. The molecule has 1 aliphatic carbocycles. The molecule has 3 aliphatic rings. The Morgan fingerprint density at radius 3 is 2.48 bits per heavy atom. The SMILES string of the molecule is O=C(c1ccc(S(=O)(=O)N2CCCC2)o1)N1CCCC2CCCCC21. The van der Waals surface area contributed by atoms with Crippen LogP contribution in [0, 0.1) is 5.92 Å². The highest BCUT2D eigenvalue weighted by molar-refractivity contribution is 7.89. The number of hydrogen-bond donors (Lipinski definition) is 0. The second-order valence-electron chi connectivity index (χ2n) is 7.48. The van der Waals surface area contributed by atoms with E-state index < -0.39 is 10.0 Å². The van der Waals surface area contributed by atoms with Crippen molar-refractivity contribution in [2.45, 2.75) is 62.5 Å². The monoisotopic (exact) mass is 366 g/mol. The predicted octanol–water partition coefficient (Wildman–Crippen LogP) is 2.86. The Labute approximate surface area is 149 Å². The van der Waals surface area contributed by atoms with Crippen LogP contribution in [0.1, 0.15) is 61.9 Å². The van der Waals surface area contributed by atoms with Gasteiger partial charge in [-0.1, -0.05) is 12.8 Å². The Morgan fingerprint density at radius 2 is 1.68 bits per heavy atom. The van der Waals surface area contributed by atoms with E-state index in [1.807, 2.05) is 4.90 Å². The largest absolute Gasteiger partial charge is 0.438 e. The van der Waals surface area contributed by atoms with Crippen LogP contribution in [0.3, 0.4) is 0 Å². The number of piperidine rings is 1. The maximum absolute atomic E-state index is 12.9.